The van der Waals surface area contributed by atoms with Crippen molar-refractivity contribution in [3.05, 3.63) is 40.7 Å². The second-order valence-corrected chi connectivity index (χ2v) is 5.37. The van der Waals surface area contributed by atoms with E-state index in [2.05, 4.69) is 35.0 Å². The van der Waals surface area contributed by atoms with Crippen LogP contribution in [0.25, 0.3) is 11.3 Å². The van der Waals surface area contributed by atoms with E-state index in [0.29, 0.717) is 5.92 Å². The Kier molecular flexibility index (Phi) is 3.20. The van der Waals surface area contributed by atoms with E-state index in [9.17, 15) is 0 Å². The number of aromatic nitrogens is 1. The van der Waals surface area contributed by atoms with E-state index in [1.807, 2.05) is 6.07 Å². The summed E-state index contributed by atoms with van der Waals surface area (Å²) >= 11 is 1.80. The maximum absolute atomic E-state index is 4.78. The number of piperidine rings is 1. The Morgan fingerprint density at radius 1 is 1.24 bits per heavy atom. The van der Waals surface area contributed by atoms with Crippen LogP contribution in [0.1, 0.15) is 23.8 Å². The number of rotatable bonds is 2. The number of hydrogen-bond acceptors (Lipinski definition) is 3. The van der Waals surface area contributed by atoms with Crippen LogP contribution in [0.2, 0.25) is 0 Å². The monoisotopic (exact) mass is 244 g/mol. The molecule has 1 aromatic carbocycles. The van der Waals surface area contributed by atoms with E-state index in [1.54, 1.807) is 11.3 Å². The number of thiazole rings is 1. The van der Waals surface area contributed by atoms with Crippen LogP contribution in [0.4, 0.5) is 0 Å². The second-order valence-electron chi connectivity index (χ2n) is 4.48. The van der Waals surface area contributed by atoms with E-state index in [1.165, 1.54) is 23.4 Å². The number of hydrogen-bond donors (Lipinski definition) is 1. The SMILES string of the molecule is c1ccc(-c2csc([C@@H]3CCCNC3)n2)cc1. The summed E-state index contributed by atoms with van der Waals surface area (Å²) < 4.78 is 0. The van der Waals surface area contributed by atoms with Crippen LogP contribution in [-0.4, -0.2) is 18.1 Å². The van der Waals surface area contributed by atoms with Crippen molar-refractivity contribution in [3.8, 4) is 11.3 Å². The lowest BCUT2D eigenvalue weighted by molar-refractivity contribution is 0.460. The van der Waals surface area contributed by atoms with Crippen molar-refractivity contribution >= 4 is 11.3 Å². The van der Waals surface area contributed by atoms with Crippen LogP contribution in [-0.2, 0) is 0 Å². The Balaban J connectivity index is 1.83. The van der Waals surface area contributed by atoms with Gasteiger partial charge < -0.3 is 5.32 Å². The molecule has 1 atom stereocenters. The van der Waals surface area contributed by atoms with Gasteiger partial charge in [0, 0.05) is 23.4 Å². The van der Waals surface area contributed by atoms with Crippen molar-refractivity contribution in [1.82, 2.24) is 10.3 Å². The molecule has 1 aliphatic rings. The maximum Gasteiger partial charge on any atom is 0.0976 e. The minimum absolute atomic E-state index is 0.617. The first-order valence-electron chi connectivity index (χ1n) is 6.15. The van der Waals surface area contributed by atoms with Crippen molar-refractivity contribution in [2.75, 3.05) is 13.1 Å². The minimum Gasteiger partial charge on any atom is -0.316 e. The molecule has 2 heterocycles. The van der Waals surface area contributed by atoms with Gasteiger partial charge in [-0.3, -0.25) is 0 Å². The van der Waals surface area contributed by atoms with E-state index in [0.717, 1.165) is 18.8 Å². The van der Waals surface area contributed by atoms with Gasteiger partial charge in [0.05, 0.1) is 10.7 Å². The first-order valence-corrected chi connectivity index (χ1v) is 7.03. The third kappa shape index (κ3) is 2.40. The van der Waals surface area contributed by atoms with Gasteiger partial charge in [-0.05, 0) is 19.4 Å². The van der Waals surface area contributed by atoms with Crippen LogP contribution in [0, 0.1) is 0 Å². The fourth-order valence-corrected chi connectivity index (χ4v) is 3.25. The zero-order chi connectivity index (χ0) is 11.5. The summed E-state index contributed by atoms with van der Waals surface area (Å²) in [7, 11) is 0. The first kappa shape index (κ1) is 10.9. The average molecular weight is 244 g/mol. The molecule has 0 amide bonds. The van der Waals surface area contributed by atoms with Crippen LogP contribution in [0.5, 0.6) is 0 Å². The number of nitrogens with one attached hydrogen (secondary N) is 1. The van der Waals surface area contributed by atoms with Crippen molar-refractivity contribution < 1.29 is 0 Å². The predicted octanol–water partition coefficient (Wildman–Crippen LogP) is 3.28. The van der Waals surface area contributed by atoms with Crippen molar-refractivity contribution in [3.63, 3.8) is 0 Å². The Bertz CT molecular complexity index is 472. The largest absolute Gasteiger partial charge is 0.316 e. The van der Waals surface area contributed by atoms with Gasteiger partial charge in [0.1, 0.15) is 0 Å². The predicted molar refractivity (Wildman–Crippen MR) is 72.4 cm³/mol. The maximum atomic E-state index is 4.78. The third-order valence-electron chi connectivity index (χ3n) is 3.24. The highest BCUT2D eigenvalue weighted by molar-refractivity contribution is 7.10. The molecule has 3 heteroatoms. The average Bonchev–Trinajstić information content (AvgIpc) is 2.90. The molecule has 1 fully saturated rings. The van der Waals surface area contributed by atoms with Crippen LogP contribution >= 0.6 is 11.3 Å². The summed E-state index contributed by atoms with van der Waals surface area (Å²) in [6.45, 7) is 2.25. The first-order chi connectivity index (χ1) is 8.43. The molecule has 2 aromatic rings. The highest BCUT2D eigenvalue weighted by atomic mass is 32.1. The zero-order valence-electron chi connectivity index (χ0n) is 9.73. The molecule has 1 aromatic heterocycles. The minimum atomic E-state index is 0.617. The molecule has 0 aliphatic carbocycles. The van der Waals surface area contributed by atoms with Gasteiger partial charge in [0.25, 0.3) is 0 Å². The lowest BCUT2D eigenvalue weighted by atomic mass is 10.0. The van der Waals surface area contributed by atoms with Crippen LogP contribution < -0.4 is 5.32 Å². The molecule has 3 rings (SSSR count). The van der Waals surface area contributed by atoms with E-state index >= 15 is 0 Å². The molecule has 0 unspecified atom stereocenters. The molecule has 0 saturated carbocycles. The van der Waals surface area contributed by atoms with E-state index in [-0.39, 0.29) is 0 Å². The molecule has 0 radical (unpaired) electrons. The summed E-state index contributed by atoms with van der Waals surface area (Å²) in [4.78, 5) is 4.78. The van der Waals surface area contributed by atoms with Crippen LogP contribution in [0.15, 0.2) is 35.7 Å². The number of nitrogens with zero attached hydrogens (tertiary/aromatic N) is 1. The summed E-state index contributed by atoms with van der Waals surface area (Å²) in [5.74, 6) is 0.617. The van der Waals surface area contributed by atoms with Gasteiger partial charge in [-0.25, -0.2) is 4.98 Å². The molecule has 17 heavy (non-hydrogen) atoms. The van der Waals surface area contributed by atoms with Crippen molar-refractivity contribution in [2.24, 2.45) is 0 Å². The van der Waals surface area contributed by atoms with Gasteiger partial charge in [-0.2, -0.15) is 0 Å². The summed E-state index contributed by atoms with van der Waals surface area (Å²) in [6, 6.07) is 10.4. The summed E-state index contributed by atoms with van der Waals surface area (Å²) in [5.41, 5.74) is 2.34. The summed E-state index contributed by atoms with van der Waals surface area (Å²) in [6.07, 6.45) is 2.54. The van der Waals surface area contributed by atoms with E-state index < -0.39 is 0 Å². The highest BCUT2D eigenvalue weighted by Crippen LogP contribution is 2.29. The standard InChI is InChI=1S/C14H16N2S/c1-2-5-11(6-3-1)13-10-17-14(16-13)12-7-4-8-15-9-12/h1-3,5-6,10,12,15H,4,7-9H2/t12-/m1/s1. The molecule has 1 saturated heterocycles. The molecule has 0 spiro atoms. The molecular weight excluding hydrogens is 228 g/mol. The van der Waals surface area contributed by atoms with Crippen molar-refractivity contribution in [2.45, 2.75) is 18.8 Å². The molecule has 1 N–H and O–H groups in total. The molecule has 1 aliphatic heterocycles. The van der Waals surface area contributed by atoms with Crippen molar-refractivity contribution in [1.29, 1.82) is 0 Å². The lowest BCUT2D eigenvalue weighted by Gasteiger charge is -2.20. The number of benzene rings is 1. The smallest absolute Gasteiger partial charge is 0.0976 e. The Morgan fingerprint density at radius 2 is 2.12 bits per heavy atom. The highest BCUT2D eigenvalue weighted by Gasteiger charge is 2.18. The second kappa shape index (κ2) is 4.98. The van der Waals surface area contributed by atoms with Gasteiger partial charge in [-0.1, -0.05) is 30.3 Å². The normalized spacial score (nSPS) is 20.4. The Labute approximate surface area is 106 Å². The lowest BCUT2D eigenvalue weighted by Crippen LogP contribution is -2.28. The van der Waals surface area contributed by atoms with Gasteiger partial charge in [0.15, 0.2) is 0 Å². The van der Waals surface area contributed by atoms with Crippen LogP contribution in [0.3, 0.4) is 0 Å². The molecule has 0 bridgehead atoms. The molecule has 2 nitrogen and oxygen atoms in total. The Hall–Kier alpha value is -1.19. The summed E-state index contributed by atoms with van der Waals surface area (Å²) in [5, 5.41) is 6.92. The third-order valence-corrected chi connectivity index (χ3v) is 4.24. The molecular formula is C14H16N2S. The van der Waals surface area contributed by atoms with Gasteiger partial charge in [-0.15, -0.1) is 11.3 Å². The zero-order valence-corrected chi connectivity index (χ0v) is 10.5. The topological polar surface area (TPSA) is 24.9 Å². The quantitative estimate of drug-likeness (QED) is 0.877. The van der Waals surface area contributed by atoms with Gasteiger partial charge in [0.2, 0.25) is 0 Å². The fraction of sp³-hybridized carbons (Fsp3) is 0.357. The van der Waals surface area contributed by atoms with E-state index in [4.69, 9.17) is 4.98 Å². The van der Waals surface area contributed by atoms with Gasteiger partial charge >= 0.3 is 0 Å². The fourth-order valence-electron chi connectivity index (χ4n) is 2.28. The molecule has 88 valence electrons. The Morgan fingerprint density at radius 3 is 2.88 bits per heavy atom.